The molecule has 0 bridgehead atoms. The van der Waals surface area contributed by atoms with Crippen molar-refractivity contribution in [2.24, 2.45) is 5.92 Å². The van der Waals surface area contributed by atoms with Crippen molar-refractivity contribution in [3.8, 4) is 0 Å². The number of alkyl halides is 2. The monoisotopic (exact) mass is 514 g/mol. The average Bonchev–Trinajstić information content (AvgIpc) is 2.87. The molecule has 3 N–H and O–H groups in total. The second-order valence-electron chi connectivity index (χ2n) is 9.43. The molecule has 1 aromatic heterocycles. The topological polar surface area (TPSA) is 117 Å². The highest BCUT2D eigenvalue weighted by atomic mass is 19.3. The molecule has 0 unspecified atom stereocenters. The van der Waals surface area contributed by atoms with Gasteiger partial charge in [0.25, 0.3) is 5.91 Å². The maximum Gasteiger partial charge on any atom is 0.289 e. The largest absolute Gasteiger partial charge is 0.344 e. The smallest absolute Gasteiger partial charge is 0.289 e. The number of hydrogen-bond donors (Lipinski definition) is 3. The van der Waals surface area contributed by atoms with Gasteiger partial charge in [0, 0.05) is 31.4 Å². The van der Waals surface area contributed by atoms with E-state index in [-0.39, 0.29) is 38.6 Å². The SMILES string of the molecule is Cc1cccnc1CNC(=O)C(=O)[C@@H](Cc1ccccc1)NC(=O)[C@@H](C)NC(=O)C1CCC(F)(F)CC1. The van der Waals surface area contributed by atoms with Gasteiger partial charge in [0.1, 0.15) is 12.1 Å². The lowest BCUT2D eigenvalue weighted by Crippen LogP contribution is -2.54. The highest BCUT2D eigenvalue weighted by Crippen LogP contribution is 2.36. The molecule has 1 fully saturated rings. The summed E-state index contributed by atoms with van der Waals surface area (Å²) < 4.78 is 26.8. The number of carbonyl (C=O) groups excluding carboxylic acids is 4. The van der Waals surface area contributed by atoms with Crippen LogP contribution in [0.4, 0.5) is 8.78 Å². The third kappa shape index (κ3) is 8.16. The Kier molecular flexibility index (Phi) is 9.43. The fourth-order valence-corrected chi connectivity index (χ4v) is 4.17. The van der Waals surface area contributed by atoms with Crippen molar-refractivity contribution in [3.63, 3.8) is 0 Å². The Bertz CT molecular complexity index is 1120. The van der Waals surface area contributed by atoms with E-state index in [4.69, 9.17) is 0 Å². The maximum absolute atomic E-state index is 13.4. The zero-order valence-corrected chi connectivity index (χ0v) is 20.9. The number of aryl methyl sites for hydroxylation is 1. The van der Waals surface area contributed by atoms with Crippen LogP contribution in [0.15, 0.2) is 48.7 Å². The summed E-state index contributed by atoms with van der Waals surface area (Å²) in [6.07, 6.45) is 0.998. The lowest BCUT2D eigenvalue weighted by atomic mass is 9.86. The molecule has 0 saturated heterocycles. The van der Waals surface area contributed by atoms with Crippen LogP contribution in [0.2, 0.25) is 0 Å². The van der Waals surface area contributed by atoms with Crippen molar-refractivity contribution >= 4 is 23.5 Å². The summed E-state index contributed by atoms with van der Waals surface area (Å²) in [6.45, 7) is 3.33. The van der Waals surface area contributed by atoms with Crippen molar-refractivity contribution in [2.75, 3.05) is 0 Å². The van der Waals surface area contributed by atoms with Crippen LogP contribution in [-0.2, 0) is 32.1 Å². The summed E-state index contributed by atoms with van der Waals surface area (Å²) in [4.78, 5) is 55.3. The van der Waals surface area contributed by atoms with E-state index in [2.05, 4.69) is 20.9 Å². The minimum Gasteiger partial charge on any atom is -0.344 e. The molecule has 37 heavy (non-hydrogen) atoms. The standard InChI is InChI=1S/C27H32F2N4O4/c1-17-7-6-14-30-22(17)16-31-26(37)23(34)21(15-19-8-4-3-5-9-19)33-24(35)18(2)32-25(36)20-10-12-27(28,29)13-11-20/h3-9,14,18,20-21H,10-13,15-16H2,1-2H3,(H,31,37)(H,32,36)(H,33,35)/t18-,21-/m1/s1. The van der Waals surface area contributed by atoms with Crippen LogP contribution in [0, 0.1) is 12.8 Å². The van der Waals surface area contributed by atoms with E-state index in [9.17, 15) is 28.0 Å². The van der Waals surface area contributed by atoms with Gasteiger partial charge in [0.15, 0.2) is 0 Å². The number of carbonyl (C=O) groups is 4. The number of amides is 3. The molecule has 1 aliphatic carbocycles. The van der Waals surface area contributed by atoms with Gasteiger partial charge in [0.05, 0.1) is 12.2 Å². The third-order valence-electron chi connectivity index (χ3n) is 6.51. The number of pyridine rings is 1. The highest BCUT2D eigenvalue weighted by Gasteiger charge is 2.38. The number of benzene rings is 1. The molecule has 198 valence electrons. The van der Waals surface area contributed by atoms with Crippen LogP contribution in [-0.4, -0.2) is 46.5 Å². The number of nitrogens with zero attached hydrogens (tertiary/aromatic N) is 1. The van der Waals surface area contributed by atoms with Gasteiger partial charge in [0.2, 0.25) is 23.5 Å². The lowest BCUT2D eigenvalue weighted by molar-refractivity contribution is -0.140. The molecule has 1 heterocycles. The molecule has 2 atom stereocenters. The Hall–Kier alpha value is -3.69. The Labute approximate surface area is 214 Å². The van der Waals surface area contributed by atoms with Crippen LogP contribution < -0.4 is 16.0 Å². The number of rotatable bonds is 10. The third-order valence-corrected chi connectivity index (χ3v) is 6.51. The summed E-state index contributed by atoms with van der Waals surface area (Å²) in [5.41, 5.74) is 2.20. The summed E-state index contributed by atoms with van der Waals surface area (Å²) in [7, 11) is 0. The first-order chi connectivity index (χ1) is 17.6. The van der Waals surface area contributed by atoms with Gasteiger partial charge >= 0.3 is 0 Å². The first kappa shape index (κ1) is 27.9. The zero-order valence-electron chi connectivity index (χ0n) is 20.9. The second kappa shape index (κ2) is 12.5. The van der Waals surface area contributed by atoms with Gasteiger partial charge in [-0.15, -0.1) is 0 Å². The first-order valence-corrected chi connectivity index (χ1v) is 12.3. The second-order valence-corrected chi connectivity index (χ2v) is 9.43. The summed E-state index contributed by atoms with van der Waals surface area (Å²) in [6, 6.07) is 10.3. The van der Waals surface area contributed by atoms with E-state index in [0.29, 0.717) is 5.69 Å². The van der Waals surface area contributed by atoms with Crippen LogP contribution in [0.5, 0.6) is 0 Å². The predicted molar refractivity (Wildman–Crippen MR) is 132 cm³/mol. The van der Waals surface area contributed by atoms with Crippen molar-refractivity contribution in [1.29, 1.82) is 0 Å². The van der Waals surface area contributed by atoms with Gasteiger partial charge in [-0.3, -0.25) is 24.2 Å². The minimum absolute atomic E-state index is 0.0399. The van der Waals surface area contributed by atoms with Crippen LogP contribution in [0.1, 0.15) is 49.4 Å². The number of hydrogen-bond acceptors (Lipinski definition) is 5. The van der Waals surface area contributed by atoms with E-state index in [1.54, 1.807) is 42.6 Å². The fourth-order valence-electron chi connectivity index (χ4n) is 4.17. The lowest BCUT2D eigenvalue weighted by Gasteiger charge is -2.28. The molecule has 3 rings (SSSR count). The van der Waals surface area contributed by atoms with Gasteiger partial charge < -0.3 is 16.0 Å². The molecule has 0 spiro atoms. The minimum atomic E-state index is -2.76. The van der Waals surface area contributed by atoms with E-state index in [1.165, 1.54) is 6.92 Å². The average molecular weight is 515 g/mol. The Balaban J connectivity index is 1.63. The summed E-state index contributed by atoms with van der Waals surface area (Å²) >= 11 is 0. The molecule has 2 aromatic rings. The normalized spacial score (nSPS) is 16.8. The van der Waals surface area contributed by atoms with E-state index in [1.807, 2.05) is 13.0 Å². The van der Waals surface area contributed by atoms with Crippen LogP contribution in [0.25, 0.3) is 0 Å². The van der Waals surface area contributed by atoms with Crippen molar-refractivity contribution in [3.05, 3.63) is 65.5 Å². The number of ketones is 1. The molecule has 3 amide bonds. The molecule has 1 saturated carbocycles. The number of Topliss-reactive ketones (excluding diaryl/α,β-unsaturated/α-hetero) is 1. The van der Waals surface area contributed by atoms with Crippen molar-refractivity contribution in [1.82, 2.24) is 20.9 Å². The van der Waals surface area contributed by atoms with Crippen LogP contribution >= 0.6 is 0 Å². The van der Waals surface area contributed by atoms with E-state index >= 15 is 0 Å². The number of halogens is 2. The summed E-state index contributed by atoms with van der Waals surface area (Å²) in [5, 5.41) is 7.69. The molecule has 10 heteroatoms. The zero-order chi connectivity index (χ0) is 27.0. The van der Waals surface area contributed by atoms with Crippen molar-refractivity contribution in [2.45, 2.75) is 70.5 Å². The van der Waals surface area contributed by atoms with Crippen LogP contribution in [0.3, 0.4) is 0 Å². The van der Waals surface area contributed by atoms with Gasteiger partial charge in [-0.25, -0.2) is 8.78 Å². The fraction of sp³-hybridized carbons (Fsp3) is 0.444. The Morgan fingerprint density at radius 2 is 1.70 bits per heavy atom. The van der Waals surface area contributed by atoms with E-state index < -0.39 is 47.4 Å². The number of nitrogens with one attached hydrogen (secondary N) is 3. The highest BCUT2D eigenvalue weighted by molar-refractivity contribution is 6.38. The number of aromatic nitrogens is 1. The maximum atomic E-state index is 13.4. The molecule has 8 nitrogen and oxygen atoms in total. The Morgan fingerprint density at radius 3 is 2.35 bits per heavy atom. The van der Waals surface area contributed by atoms with Crippen molar-refractivity contribution < 1.29 is 28.0 Å². The molecular formula is C27H32F2N4O4. The van der Waals surface area contributed by atoms with Gasteiger partial charge in [-0.1, -0.05) is 36.4 Å². The molecule has 0 radical (unpaired) electrons. The molecule has 0 aliphatic heterocycles. The summed E-state index contributed by atoms with van der Waals surface area (Å²) in [5.74, 6) is -6.20. The predicted octanol–water partition coefficient (Wildman–Crippen LogP) is 2.63. The van der Waals surface area contributed by atoms with E-state index in [0.717, 1.165) is 11.1 Å². The van der Waals surface area contributed by atoms with Gasteiger partial charge in [-0.05, 0) is 43.9 Å². The molecule has 1 aromatic carbocycles. The molecular weight excluding hydrogens is 482 g/mol. The van der Waals surface area contributed by atoms with Gasteiger partial charge in [-0.2, -0.15) is 0 Å². The first-order valence-electron chi connectivity index (χ1n) is 12.3. The Morgan fingerprint density at radius 1 is 1.03 bits per heavy atom. The quantitative estimate of drug-likeness (QED) is 0.422. The molecule has 1 aliphatic rings.